The van der Waals surface area contributed by atoms with Crippen LogP contribution in [0.4, 0.5) is 4.79 Å². The van der Waals surface area contributed by atoms with E-state index in [0.717, 1.165) is 0 Å². The lowest BCUT2D eigenvalue weighted by Gasteiger charge is -2.25. The Hall–Kier alpha value is -0.850. The molecule has 0 spiro atoms. The molecule has 1 N–H and O–H groups in total. The maximum Gasteiger partial charge on any atom is 0.410 e. The Bertz CT molecular complexity index is 376. The highest BCUT2D eigenvalue weighted by molar-refractivity contribution is 5.68. The minimum atomic E-state index is -0.621. The van der Waals surface area contributed by atoms with Gasteiger partial charge in [-0.25, -0.2) is 4.79 Å². The number of amides is 1. The van der Waals surface area contributed by atoms with Crippen LogP contribution in [0.1, 0.15) is 34.6 Å². The first-order valence-corrected chi connectivity index (χ1v) is 7.05. The number of rotatable bonds is 1. The van der Waals surface area contributed by atoms with Gasteiger partial charge in [0, 0.05) is 12.5 Å². The number of hydrogen-bond acceptors (Lipinski definition) is 5. The highest BCUT2D eigenvalue weighted by Gasteiger charge is 2.45. The van der Waals surface area contributed by atoms with Gasteiger partial charge in [0.05, 0.1) is 25.4 Å². The smallest absolute Gasteiger partial charge is 0.410 e. The molecule has 2 fully saturated rings. The van der Waals surface area contributed by atoms with Gasteiger partial charge in [0.1, 0.15) is 5.60 Å². The van der Waals surface area contributed by atoms with E-state index in [0.29, 0.717) is 13.2 Å². The molecule has 2 aliphatic rings. The van der Waals surface area contributed by atoms with Crippen LogP contribution in [0.2, 0.25) is 0 Å². The van der Waals surface area contributed by atoms with Crippen molar-refractivity contribution in [3.05, 3.63) is 0 Å². The van der Waals surface area contributed by atoms with Gasteiger partial charge in [0.2, 0.25) is 0 Å². The maximum atomic E-state index is 12.0. The van der Waals surface area contributed by atoms with Crippen molar-refractivity contribution in [3.63, 3.8) is 0 Å². The summed E-state index contributed by atoms with van der Waals surface area (Å²) in [6.45, 7) is 10.3. The van der Waals surface area contributed by atoms with Crippen LogP contribution < -0.4 is 0 Å². The largest absolute Gasteiger partial charge is 0.444 e. The topological polar surface area (TPSA) is 68.2 Å². The Morgan fingerprint density at radius 3 is 2.50 bits per heavy atom. The number of nitrogens with zero attached hydrogens (tertiary/aromatic N) is 1. The monoisotopic (exact) mass is 287 g/mol. The zero-order valence-corrected chi connectivity index (χ0v) is 12.9. The van der Waals surface area contributed by atoms with Gasteiger partial charge < -0.3 is 24.2 Å². The van der Waals surface area contributed by atoms with Crippen LogP contribution >= 0.6 is 0 Å². The Morgan fingerprint density at radius 1 is 1.35 bits per heavy atom. The third-order valence-electron chi connectivity index (χ3n) is 3.49. The number of hydrogen-bond donors (Lipinski definition) is 1. The molecule has 0 aliphatic carbocycles. The molecule has 20 heavy (non-hydrogen) atoms. The summed E-state index contributed by atoms with van der Waals surface area (Å²) in [6.07, 6.45) is -1.19. The SMILES string of the molecule is CC(C)(C)OC(=O)N1C[C@@H]([C@H]2COC(C)(C)O2)[C@H](O)C1. The van der Waals surface area contributed by atoms with Crippen LogP contribution in [-0.2, 0) is 14.2 Å². The average Bonchev–Trinajstić information content (AvgIpc) is 2.79. The molecule has 0 saturated carbocycles. The fourth-order valence-corrected chi connectivity index (χ4v) is 2.58. The standard InChI is InChI=1S/C14H25NO5/c1-13(2,3)20-12(17)15-6-9(10(16)7-15)11-8-18-14(4,5)19-11/h9-11,16H,6-8H2,1-5H3/t9-,10-,11-/m1/s1. The molecular formula is C14H25NO5. The van der Waals surface area contributed by atoms with Gasteiger partial charge >= 0.3 is 6.09 Å². The van der Waals surface area contributed by atoms with Crippen LogP contribution in [0.15, 0.2) is 0 Å². The number of likely N-dealkylation sites (tertiary alicyclic amines) is 1. The normalized spacial score (nSPS) is 33.5. The van der Waals surface area contributed by atoms with Crippen LogP contribution in [0.25, 0.3) is 0 Å². The number of carbonyl (C=O) groups is 1. The second kappa shape index (κ2) is 5.16. The number of aliphatic hydroxyl groups excluding tert-OH is 1. The summed E-state index contributed by atoms with van der Waals surface area (Å²) in [7, 11) is 0. The lowest BCUT2D eigenvalue weighted by Crippen LogP contribution is -2.36. The van der Waals surface area contributed by atoms with Gasteiger partial charge in [-0.2, -0.15) is 0 Å². The molecule has 0 radical (unpaired) electrons. The second-order valence-electron chi connectivity index (χ2n) is 6.98. The van der Waals surface area contributed by atoms with E-state index in [1.54, 1.807) is 0 Å². The molecule has 2 rings (SSSR count). The highest BCUT2D eigenvalue weighted by Crippen LogP contribution is 2.32. The van der Waals surface area contributed by atoms with Crippen molar-refractivity contribution in [2.24, 2.45) is 5.92 Å². The fraction of sp³-hybridized carbons (Fsp3) is 0.929. The van der Waals surface area contributed by atoms with E-state index in [4.69, 9.17) is 14.2 Å². The highest BCUT2D eigenvalue weighted by atomic mass is 16.7. The van der Waals surface area contributed by atoms with E-state index in [2.05, 4.69) is 0 Å². The quantitative estimate of drug-likeness (QED) is 0.789. The molecule has 1 amide bonds. The van der Waals surface area contributed by atoms with E-state index in [1.807, 2.05) is 34.6 Å². The van der Waals surface area contributed by atoms with Crippen LogP contribution in [0, 0.1) is 5.92 Å². The van der Waals surface area contributed by atoms with Gasteiger partial charge in [-0.15, -0.1) is 0 Å². The summed E-state index contributed by atoms with van der Waals surface area (Å²) in [5.74, 6) is -0.756. The zero-order chi connectivity index (χ0) is 15.1. The molecule has 0 aromatic carbocycles. The van der Waals surface area contributed by atoms with Crippen molar-refractivity contribution in [3.8, 4) is 0 Å². The molecule has 6 heteroatoms. The third-order valence-corrected chi connectivity index (χ3v) is 3.49. The predicted molar refractivity (Wildman–Crippen MR) is 72.2 cm³/mol. The first kappa shape index (κ1) is 15.5. The molecule has 2 aliphatic heterocycles. The summed E-state index contributed by atoms with van der Waals surface area (Å²) in [6, 6.07) is 0. The molecule has 116 valence electrons. The Labute approximate surface area is 120 Å². The Kier molecular flexibility index (Phi) is 4.01. The minimum Gasteiger partial charge on any atom is -0.444 e. The Balaban J connectivity index is 1.94. The minimum absolute atomic E-state index is 0.135. The van der Waals surface area contributed by atoms with Crippen molar-refractivity contribution in [2.45, 2.75) is 58.2 Å². The summed E-state index contributed by atoms with van der Waals surface area (Å²) in [5.41, 5.74) is -0.533. The van der Waals surface area contributed by atoms with Crippen molar-refractivity contribution in [1.29, 1.82) is 0 Å². The van der Waals surface area contributed by atoms with Gasteiger partial charge in [-0.3, -0.25) is 0 Å². The molecule has 0 aromatic rings. The van der Waals surface area contributed by atoms with Crippen LogP contribution in [0.3, 0.4) is 0 Å². The second-order valence-corrected chi connectivity index (χ2v) is 6.98. The summed E-state index contributed by atoms with van der Waals surface area (Å²) in [4.78, 5) is 13.6. The molecule has 2 heterocycles. The van der Waals surface area contributed by atoms with Crippen LogP contribution in [0.5, 0.6) is 0 Å². The van der Waals surface area contributed by atoms with E-state index in [9.17, 15) is 9.90 Å². The summed E-state index contributed by atoms with van der Waals surface area (Å²) in [5, 5.41) is 10.2. The predicted octanol–water partition coefficient (Wildman–Crippen LogP) is 1.37. The van der Waals surface area contributed by atoms with Gasteiger partial charge in [0.25, 0.3) is 0 Å². The van der Waals surface area contributed by atoms with E-state index < -0.39 is 23.6 Å². The first-order valence-electron chi connectivity index (χ1n) is 7.05. The van der Waals surface area contributed by atoms with Gasteiger partial charge in [0.15, 0.2) is 5.79 Å². The molecule has 0 aromatic heterocycles. The molecule has 0 unspecified atom stereocenters. The number of β-amino-alcohol motifs (C(OH)–C–C–N with tert-alkyl or cyclic N) is 1. The summed E-state index contributed by atoms with van der Waals surface area (Å²) >= 11 is 0. The van der Waals surface area contributed by atoms with Crippen molar-refractivity contribution >= 4 is 6.09 Å². The van der Waals surface area contributed by atoms with E-state index >= 15 is 0 Å². The number of carbonyl (C=O) groups excluding carboxylic acids is 1. The molecule has 6 nitrogen and oxygen atoms in total. The van der Waals surface area contributed by atoms with Crippen molar-refractivity contribution < 1.29 is 24.1 Å². The van der Waals surface area contributed by atoms with E-state index in [-0.39, 0.29) is 18.6 Å². The van der Waals surface area contributed by atoms with Crippen molar-refractivity contribution in [1.82, 2.24) is 4.90 Å². The number of ether oxygens (including phenoxy) is 3. The van der Waals surface area contributed by atoms with Gasteiger partial charge in [-0.1, -0.05) is 0 Å². The maximum absolute atomic E-state index is 12.0. The third kappa shape index (κ3) is 3.62. The first-order chi connectivity index (χ1) is 9.07. The average molecular weight is 287 g/mol. The number of aliphatic hydroxyl groups is 1. The molecule has 0 bridgehead atoms. The molecule has 3 atom stereocenters. The molecule has 2 saturated heterocycles. The fourth-order valence-electron chi connectivity index (χ4n) is 2.58. The Morgan fingerprint density at radius 2 is 2.00 bits per heavy atom. The van der Waals surface area contributed by atoms with Gasteiger partial charge in [-0.05, 0) is 34.6 Å². The van der Waals surface area contributed by atoms with E-state index in [1.165, 1.54) is 4.90 Å². The molecular weight excluding hydrogens is 262 g/mol. The van der Waals surface area contributed by atoms with Crippen LogP contribution in [-0.4, -0.2) is 59.4 Å². The lowest BCUT2D eigenvalue weighted by atomic mass is 10.00. The van der Waals surface area contributed by atoms with Crippen molar-refractivity contribution in [2.75, 3.05) is 19.7 Å². The zero-order valence-electron chi connectivity index (χ0n) is 12.9. The lowest BCUT2D eigenvalue weighted by molar-refractivity contribution is -0.147. The summed E-state index contributed by atoms with van der Waals surface area (Å²) < 4.78 is 16.6.